The zero-order chi connectivity index (χ0) is 12.4. The van der Waals surface area contributed by atoms with Gasteiger partial charge in [-0.25, -0.2) is 0 Å². The lowest BCUT2D eigenvalue weighted by molar-refractivity contribution is -0.117. The SMILES string of the molecule is NC(=O)Cc1c[nH]cc1-c1cccc(Cl)c1Cl. The first-order chi connectivity index (χ1) is 8.09. The molecule has 1 amide bonds. The van der Waals surface area contributed by atoms with Crippen molar-refractivity contribution in [3.63, 3.8) is 0 Å². The Balaban J connectivity index is 2.50. The van der Waals surface area contributed by atoms with Gasteiger partial charge in [-0.1, -0.05) is 35.3 Å². The van der Waals surface area contributed by atoms with Gasteiger partial charge in [0.2, 0.25) is 5.91 Å². The zero-order valence-electron chi connectivity index (χ0n) is 8.84. The lowest BCUT2D eigenvalue weighted by Gasteiger charge is -2.06. The Morgan fingerprint density at radius 2 is 2.00 bits per heavy atom. The standard InChI is InChI=1S/C12H10Cl2N2O/c13-10-3-1-2-8(12(10)14)9-6-16-5-7(9)4-11(15)17/h1-3,5-6,16H,4H2,(H2,15,17). The van der Waals surface area contributed by atoms with Crippen LogP contribution in [0, 0.1) is 0 Å². The Kier molecular flexibility index (Phi) is 3.41. The van der Waals surface area contributed by atoms with Crippen LogP contribution in [0.15, 0.2) is 30.6 Å². The molecule has 0 aliphatic carbocycles. The number of amides is 1. The Bertz CT molecular complexity index is 563. The topological polar surface area (TPSA) is 58.9 Å². The number of carbonyl (C=O) groups excluding carboxylic acids is 1. The number of hydrogen-bond donors (Lipinski definition) is 2. The van der Waals surface area contributed by atoms with E-state index >= 15 is 0 Å². The summed E-state index contributed by atoms with van der Waals surface area (Å²) in [5.41, 5.74) is 7.63. The number of aromatic amines is 1. The lowest BCUT2D eigenvalue weighted by atomic mass is 10.0. The molecule has 1 aromatic heterocycles. The van der Waals surface area contributed by atoms with Crippen LogP contribution >= 0.6 is 23.2 Å². The van der Waals surface area contributed by atoms with Crippen molar-refractivity contribution in [1.82, 2.24) is 4.98 Å². The zero-order valence-corrected chi connectivity index (χ0v) is 10.3. The van der Waals surface area contributed by atoms with Gasteiger partial charge in [-0.05, 0) is 11.6 Å². The third-order valence-corrected chi connectivity index (χ3v) is 3.26. The molecule has 2 aromatic rings. The predicted molar refractivity (Wildman–Crippen MR) is 69.1 cm³/mol. The fourth-order valence-electron chi connectivity index (χ4n) is 1.69. The number of H-pyrrole nitrogens is 1. The van der Waals surface area contributed by atoms with Gasteiger partial charge in [0, 0.05) is 23.5 Å². The molecule has 0 aliphatic heterocycles. The van der Waals surface area contributed by atoms with Crippen molar-refractivity contribution in [3.05, 3.63) is 46.2 Å². The molecule has 0 spiro atoms. The lowest BCUT2D eigenvalue weighted by Crippen LogP contribution is -2.13. The van der Waals surface area contributed by atoms with E-state index in [4.69, 9.17) is 28.9 Å². The quantitative estimate of drug-likeness (QED) is 0.884. The van der Waals surface area contributed by atoms with Gasteiger partial charge in [-0.15, -0.1) is 0 Å². The van der Waals surface area contributed by atoms with Crippen LogP contribution in [0.2, 0.25) is 10.0 Å². The molecule has 3 nitrogen and oxygen atoms in total. The number of carbonyl (C=O) groups is 1. The molecule has 1 heterocycles. The maximum atomic E-state index is 11.0. The summed E-state index contributed by atoms with van der Waals surface area (Å²) in [6, 6.07) is 5.38. The van der Waals surface area contributed by atoms with E-state index in [2.05, 4.69) is 4.98 Å². The average molecular weight is 269 g/mol. The summed E-state index contributed by atoms with van der Waals surface area (Å²) in [5, 5.41) is 0.954. The van der Waals surface area contributed by atoms with Crippen LogP contribution in [-0.2, 0) is 11.2 Å². The van der Waals surface area contributed by atoms with Gasteiger partial charge >= 0.3 is 0 Å². The largest absolute Gasteiger partial charge is 0.369 e. The first kappa shape index (κ1) is 12.0. The minimum Gasteiger partial charge on any atom is -0.369 e. The van der Waals surface area contributed by atoms with Gasteiger partial charge in [-0.2, -0.15) is 0 Å². The molecule has 0 aliphatic rings. The van der Waals surface area contributed by atoms with E-state index in [0.29, 0.717) is 10.0 Å². The molecule has 1 aromatic carbocycles. The maximum Gasteiger partial charge on any atom is 0.221 e. The molecule has 88 valence electrons. The van der Waals surface area contributed by atoms with E-state index in [1.54, 1.807) is 18.5 Å². The molecular formula is C12H10Cl2N2O. The van der Waals surface area contributed by atoms with Crippen LogP contribution < -0.4 is 5.73 Å². The Hall–Kier alpha value is -1.45. The normalized spacial score (nSPS) is 10.5. The molecule has 0 bridgehead atoms. The summed E-state index contributed by atoms with van der Waals surface area (Å²) in [6.07, 6.45) is 3.68. The van der Waals surface area contributed by atoms with Crippen molar-refractivity contribution in [2.45, 2.75) is 6.42 Å². The highest BCUT2D eigenvalue weighted by Crippen LogP contribution is 2.35. The van der Waals surface area contributed by atoms with Gasteiger partial charge in [0.15, 0.2) is 0 Å². The number of aromatic nitrogens is 1. The van der Waals surface area contributed by atoms with Crippen molar-refractivity contribution < 1.29 is 4.79 Å². The fraction of sp³-hybridized carbons (Fsp3) is 0.0833. The van der Waals surface area contributed by atoms with Crippen molar-refractivity contribution in [1.29, 1.82) is 0 Å². The first-order valence-electron chi connectivity index (χ1n) is 4.98. The molecule has 0 unspecified atom stereocenters. The van der Waals surface area contributed by atoms with E-state index in [1.165, 1.54) is 0 Å². The third-order valence-electron chi connectivity index (χ3n) is 2.44. The van der Waals surface area contributed by atoms with Crippen LogP contribution in [0.3, 0.4) is 0 Å². The minimum absolute atomic E-state index is 0.168. The predicted octanol–water partition coefficient (Wildman–Crippen LogP) is 3.02. The number of nitrogens with two attached hydrogens (primary N) is 1. The summed E-state index contributed by atoms with van der Waals surface area (Å²) in [6.45, 7) is 0. The summed E-state index contributed by atoms with van der Waals surface area (Å²) in [7, 11) is 0. The van der Waals surface area contributed by atoms with Gasteiger partial charge in [0.1, 0.15) is 0 Å². The van der Waals surface area contributed by atoms with Gasteiger partial charge < -0.3 is 10.7 Å². The second-order valence-electron chi connectivity index (χ2n) is 3.64. The summed E-state index contributed by atoms with van der Waals surface area (Å²) >= 11 is 12.1. The maximum absolute atomic E-state index is 11.0. The number of benzene rings is 1. The smallest absolute Gasteiger partial charge is 0.221 e. The highest BCUT2D eigenvalue weighted by atomic mass is 35.5. The van der Waals surface area contributed by atoms with Crippen LogP contribution in [-0.4, -0.2) is 10.9 Å². The molecule has 5 heteroatoms. The van der Waals surface area contributed by atoms with E-state index in [1.807, 2.05) is 12.1 Å². The van der Waals surface area contributed by atoms with Crippen molar-refractivity contribution in [2.75, 3.05) is 0 Å². The number of nitrogens with one attached hydrogen (secondary N) is 1. The molecule has 17 heavy (non-hydrogen) atoms. The highest BCUT2D eigenvalue weighted by molar-refractivity contribution is 6.43. The van der Waals surface area contributed by atoms with Crippen LogP contribution in [0.1, 0.15) is 5.56 Å². The van der Waals surface area contributed by atoms with Gasteiger partial charge in [0.05, 0.1) is 16.5 Å². The van der Waals surface area contributed by atoms with Crippen molar-refractivity contribution in [2.24, 2.45) is 5.73 Å². The second kappa shape index (κ2) is 4.82. The summed E-state index contributed by atoms with van der Waals surface area (Å²) in [4.78, 5) is 13.9. The number of halogens is 2. The monoisotopic (exact) mass is 268 g/mol. The van der Waals surface area contributed by atoms with Crippen molar-refractivity contribution >= 4 is 29.1 Å². The molecule has 0 saturated carbocycles. The molecule has 0 fully saturated rings. The third kappa shape index (κ3) is 2.46. The Morgan fingerprint density at radius 1 is 1.24 bits per heavy atom. The summed E-state index contributed by atoms with van der Waals surface area (Å²) in [5.74, 6) is -0.385. The Morgan fingerprint density at radius 3 is 2.71 bits per heavy atom. The summed E-state index contributed by atoms with van der Waals surface area (Å²) < 4.78 is 0. The van der Waals surface area contributed by atoms with Gasteiger partial charge in [-0.3, -0.25) is 4.79 Å². The fourth-order valence-corrected chi connectivity index (χ4v) is 2.09. The van der Waals surface area contributed by atoms with Crippen LogP contribution in [0.5, 0.6) is 0 Å². The van der Waals surface area contributed by atoms with Crippen molar-refractivity contribution in [3.8, 4) is 11.1 Å². The number of rotatable bonds is 3. The molecule has 0 saturated heterocycles. The van der Waals surface area contributed by atoms with E-state index in [-0.39, 0.29) is 12.3 Å². The van der Waals surface area contributed by atoms with E-state index in [9.17, 15) is 4.79 Å². The van der Waals surface area contributed by atoms with E-state index in [0.717, 1.165) is 16.7 Å². The highest BCUT2D eigenvalue weighted by Gasteiger charge is 2.12. The van der Waals surface area contributed by atoms with Gasteiger partial charge in [0.25, 0.3) is 0 Å². The van der Waals surface area contributed by atoms with Crippen LogP contribution in [0.4, 0.5) is 0 Å². The number of hydrogen-bond acceptors (Lipinski definition) is 1. The molecular weight excluding hydrogens is 259 g/mol. The average Bonchev–Trinajstić information content (AvgIpc) is 2.69. The van der Waals surface area contributed by atoms with E-state index < -0.39 is 0 Å². The second-order valence-corrected chi connectivity index (χ2v) is 4.42. The Labute approximate surface area is 109 Å². The molecule has 2 rings (SSSR count). The molecule has 3 N–H and O–H groups in total. The number of primary amides is 1. The molecule has 0 atom stereocenters. The van der Waals surface area contributed by atoms with Crippen LogP contribution in [0.25, 0.3) is 11.1 Å². The first-order valence-corrected chi connectivity index (χ1v) is 5.73. The molecule has 0 radical (unpaired) electrons. The minimum atomic E-state index is -0.385.